The number of azo groups is 1. The van der Waals surface area contributed by atoms with Gasteiger partial charge < -0.3 is 0 Å². The van der Waals surface area contributed by atoms with Crippen molar-refractivity contribution < 1.29 is 0 Å². The Morgan fingerprint density at radius 2 is 1.80 bits per heavy atom. The molecule has 0 saturated carbocycles. The summed E-state index contributed by atoms with van der Waals surface area (Å²) in [6.45, 7) is 8.45. The zero-order valence-corrected chi connectivity index (χ0v) is 7.05. The van der Waals surface area contributed by atoms with E-state index in [0.29, 0.717) is 12.0 Å². The van der Waals surface area contributed by atoms with Crippen LogP contribution < -0.4 is 0 Å². The molecule has 1 rings (SSSR count). The van der Waals surface area contributed by atoms with Crippen molar-refractivity contribution in [1.82, 2.24) is 0 Å². The highest BCUT2D eigenvalue weighted by molar-refractivity contribution is 5.14. The van der Waals surface area contributed by atoms with Gasteiger partial charge in [0.25, 0.3) is 0 Å². The molecule has 0 saturated heterocycles. The Balaban J connectivity index is 2.88. The predicted molar refractivity (Wildman–Crippen MR) is 41.9 cm³/mol. The van der Waals surface area contributed by atoms with E-state index in [1.807, 2.05) is 6.92 Å². The Labute approximate surface area is 62.0 Å². The second-order valence-corrected chi connectivity index (χ2v) is 3.01. The SMILES string of the molecule is CC1=C(C)C(C)C(C)N=N1. The average molecular weight is 138 g/mol. The van der Waals surface area contributed by atoms with Crippen LogP contribution in [0, 0.1) is 5.92 Å². The first-order chi connectivity index (χ1) is 4.63. The lowest BCUT2D eigenvalue weighted by atomic mass is 9.94. The third-order valence-corrected chi connectivity index (χ3v) is 2.37. The van der Waals surface area contributed by atoms with Gasteiger partial charge in [-0.25, -0.2) is 0 Å². The molecule has 0 spiro atoms. The lowest BCUT2D eigenvalue weighted by Gasteiger charge is -2.20. The fourth-order valence-electron chi connectivity index (χ4n) is 1.05. The van der Waals surface area contributed by atoms with Gasteiger partial charge in [-0.15, -0.1) is 0 Å². The largest absolute Gasteiger partial charge is 0.185 e. The molecular weight excluding hydrogens is 124 g/mol. The van der Waals surface area contributed by atoms with Crippen molar-refractivity contribution in [3.05, 3.63) is 11.3 Å². The molecule has 0 radical (unpaired) electrons. The molecule has 1 aliphatic rings. The highest BCUT2D eigenvalue weighted by Gasteiger charge is 2.18. The Kier molecular flexibility index (Phi) is 1.88. The first-order valence-corrected chi connectivity index (χ1v) is 3.71. The molecule has 0 fully saturated rings. The first kappa shape index (κ1) is 7.45. The van der Waals surface area contributed by atoms with Gasteiger partial charge in [0.05, 0.1) is 11.7 Å². The predicted octanol–water partition coefficient (Wildman–Crippen LogP) is 2.77. The zero-order valence-electron chi connectivity index (χ0n) is 7.05. The molecule has 2 atom stereocenters. The smallest absolute Gasteiger partial charge is 0.0747 e. The first-order valence-electron chi connectivity index (χ1n) is 3.71. The van der Waals surface area contributed by atoms with E-state index >= 15 is 0 Å². The number of rotatable bonds is 0. The minimum Gasteiger partial charge on any atom is -0.185 e. The molecule has 2 heteroatoms. The van der Waals surface area contributed by atoms with E-state index in [0.717, 1.165) is 5.70 Å². The summed E-state index contributed by atoms with van der Waals surface area (Å²) in [5.74, 6) is 0.567. The van der Waals surface area contributed by atoms with E-state index in [2.05, 4.69) is 31.0 Å². The van der Waals surface area contributed by atoms with Crippen molar-refractivity contribution >= 4 is 0 Å². The molecule has 0 N–H and O–H groups in total. The van der Waals surface area contributed by atoms with E-state index in [9.17, 15) is 0 Å². The normalized spacial score (nSPS) is 33.2. The van der Waals surface area contributed by atoms with Crippen molar-refractivity contribution in [3.63, 3.8) is 0 Å². The number of allylic oxidation sites excluding steroid dienone is 1. The van der Waals surface area contributed by atoms with Crippen LogP contribution in [0.5, 0.6) is 0 Å². The Morgan fingerprint density at radius 3 is 2.30 bits per heavy atom. The molecule has 10 heavy (non-hydrogen) atoms. The topological polar surface area (TPSA) is 24.7 Å². The van der Waals surface area contributed by atoms with Gasteiger partial charge in [0.1, 0.15) is 0 Å². The maximum absolute atomic E-state index is 4.11. The maximum Gasteiger partial charge on any atom is 0.0747 e. The van der Waals surface area contributed by atoms with E-state index < -0.39 is 0 Å². The van der Waals surface area contributed by atoms with Crippen molar-refractivity contribution in [1.29, 1.82) is 0 Å². The highest BCUT2D eigenvalue weighted by atomic mass is 15.1. The van der Waals surface area contributed by atoms with E-state index in [1.54, 1.807) is 0 Å². The average Bonchev–Trinajstić information content (AvgIpc) is 1.93. The standard InChI is InChI=1S/C8H14N2/c1-5-6(2)8(4)10-9-7(5)3/h5,7H,1-4H3. The molecular formula is C8H14N2. The molecule has 0 aromatic carbocycles. The number of nitrogens with zero attached hydrogens (tertiary/aromatic N) is 2. The molecule has 0 amide bonds. The van der Waals surface area contributed by atoms with Crippen molar-refractivity contribution in [2.75, 3.05) is 0 Å². The van der Waals surface area contributed by atoms with Crippen LogP contribution in [0.15, 0.2) is 21.5 Å². The summed E-state index contributed by atoms with van der Waals surface area (Å²) in [5.41, 5.74) is 2.47. The fraction of sp³-hybridized carbons (Fsp3) is 0.750. The highest BCUT2D eigenvalue weighted by Crippen LogP contribution is 2.25. The molecule has 0 aliphatic carbocycles. The third kappa shape index (κ3) is 1.11. The van der Waals surface area contributed by atoms with Gasteiger partial charge in [-0.3, -0.25) is 0 Å². The lowest BCUT2D eigenvalue weighted by molar-refractivity contribution is 0.507. The Morgan fingerprint density at radius 1 is 1.20 bits per heavy atom. The second-order valence-electron chi connectivity index (χ2n) is 3.01. The van der Waals surface area contributed by atoms with E-state index in [1.165, 1.54) is 5.57 Å². The van der Waals surface area contributed by atoms with Crippen LogP contribution in [-0.2, 0) is 0 Å². The molecule has 0 aromatic rings. The number of hydrogen-bond acceptors (Lipinski definition) is 2. The fourth-order valence-corrected chi connectivity index (χ4v) is 1.05. The second kappa shape index (κ2) is 2.52. The number of hydrogen-bond donors (Lipinski definition) is 0. The molecule has 2 nitrogen and oxygen atoms in total. The van der Waals surface area contributed by atoms with E-state index in [4.69, 9.17) is 0 Å². The summed E-state index contributed by atoms with van der Waals surface area (Å²) < 4.78 is 0. The van der Waals surface area contributed by atoms with Gasteiger partial charge in [-0.1, -0.05) is 6.92 Å². The van der Waals surface area contributed by atoms with Crippen LogP contribution in [0.25, 0.3) is 0 Å². The summed E-state index contributed by atoms with van der Waals surface area (Å²) in [7, 11) is 0. The van der Waals surface area contributed by atoms with Crippen molar-refractivity contribution in [2.45, 2.75) is 33.7 Å². The molecule has 0 bridgehead atoms. The van der Waals surface area contributed by atoms with Crippen LogP contribution in [0.2, 0.25) is 0 Å². The van der Waals surface area contributed by atoms with Gasteiger partial charge >= 0.3 is 0 Å². The van der Waals surface area contributed by atoms with Crippen molar-refractivity contribution in [3.8, 4) is 0 Å². The van der Waals surface area contributed by atoms with Crippen LogP contribution in [0.4, 0.5) is 0 Å². The van der Waals surface area contributed by atoms with Crippen LogP contribution in [-0.4, -0.2) is 6.04 Å². The Hall–Kier alpha value is -0.660. The summed E-state index contributed by atoms with van der Waals surface area (Å²) in [5, 5.41) is 8.16. The van der Waals surface area contributed by atoms with Crippen LogP contribution in [0.3, 0.4) is 0 Å². The van der Waals surface area contributed by atoms with Gasteiger partial charge in [-0.2, -0.15) is 10.2 Å². The summed E-state index contributed by atoms with van der Waals surface area (Å²) in [6, 6.07) is 0.365. The van der Waals surface area contributed by atoms with Gasteiger partial charge in [-0.05, 0) is 26.3 Å². The van der Waals surface area contributed by atoms with E-state index in [-0.39, 0.29) is 0 Å². The lowest BCUT2D eigenvalue weighted by Crippen LogP contribution is -2.16. The quantitative estimate of drug-likeness (QED) is 0.491. The van der Waals surface area contributed by atoms with Gasteiger partial charge in [0.2, 0.25) is 0 Å². The summed E-state index contributed by atoms with van der Waals surface area (Å²) >= 11 is 0. The van der Waals surface area contributed by atoms with Crippen LogP contribution in [0.1, 0.15) is 27.7 Å². The van der Waals surface area contributed by atoms with Gasteiger partial charge in [0.15, 0.2) is 0 Å². The summed E-state index contributed by atoms with van der Waals surface area (Å²) in [6.07, 6.45) is 0. The monoisotopic (exact) mass is 138 g/mol. The molecule has 1 heterocycles. The van der Waals surface area contributed by atoms with Gasteiger partial charge in [0, 0.05) is 5.92 Å². The molecule has 2 unspecified atom stereocenters. The zero-order chi connectivity index (χ0) is 7.72. The summed E-state index contributed by atoms with van der Waals surface area (Å²) in [4.78, 5) is 0. The minimum atomic E-state index is 0.365. The minimum absolute atomic E-state index is 0.365. The van der Waals surface area contributed by atoms with Crippen molar-refractivity contribution in [2.24, 2.45) is 16.1 Å². The molecule has 0 aromatic heterocycles. The molecule has 56 valence electrons. The molecule has 1 aliphatic heterocycles. The Bertz CT molecular complexity index is 191. The van der Waals surface area contributed by atoms with Crippen LogP contribution >= 0.6 is 0 Å². The maximum atomic E-state index is 4.11. The third-order valence-electron chi connectivity index (χ3n) is 2.37.